The lowest BCUT2D eigenvalue weighted by atomic mass is 9.92. The van der Waals surface area contributed by atoms with Crippen LogP contribution in [-0.2, 0) is 7.05 Å². The van der Waals surface area contributed by atoms with E-state index in [0.717, 1.165) is 33.2 Å². The monoisotopic (exact) mass is 366 g/mol. The van der Waals surface area contributed by atoms with Gasteiger partial charge in [0.05, 0.1) is 5.75 Å². The van der Waals surface area contributed by atoms with Crippen LogP contribution < -0.4 is 0 Å². The third-order valence-corrected chi connectivity index (χ3v) is 5.76. The molecule has 5 nitrogen and oxygen atoms in total. The average Bonchev–Trinajstić information content (AvgIpc) is 2.99. The van der Waals surface area contributed by atoms with Gasteiger partial charge < -0.3 is 4.57 Å². The van der Waals surface area contributed by atoms with Crippen molar-refractivity contribution in [1.82, 2.24) is 19.7 Å². The molecule has 3 rings (SSSR count). The first-order valence-electron chi connectivity index (χ1n) is 8.43. The summed E-state index contributed by atoms with van der Waals surface area (Å²) in [4.78, 5) is 16.8. The number of carbonyl (C=O) groups is 1. The quantitative estimate of drug-likeness (QED) is 0.503. The fraction of sp³-hybridized carbons (Fsp3) is 0.300. The third kappa shape index (κ3) is 3.42. The fourth-order valence-electron chi connectivity index (χ4n) is 3.11. The number of benzene rings is 1. The predicted molar refractivity (Wildman–Crippen MR) is 105 cm³/mol. The number of carbonyl (C=O) groups excluding carboxylic acids is 1. The second-order valence-electron chi connectivity index (χ2n) is 6.45. The highest BCUT2D eigenvalue weighted by molar-refractivity contribution is 7.99. The molecule has 0 amide bonds. The van der Waals surface area contributed by atoms with E-state index in [1.165, 1.54) is 22.9 Å². The minimum atomic E-state index is 0.126. The van der Waals surface area contributed by atoms with Crippen molar-refractivity contribution in [3.63, 3.8) is 0 Å². The van der Waals surface area contributed by atoms with E-state index >= 15 is 0 Å². The minimum absolute atomic E-state index is 0.126. The molecule has 0 aliphatic carbocycles. The molecule has 0 saturated carbocycles. The average molecular weight is 366 g/mol. The third-order valence-electron chi connectivity index (χ3n) is 4.74. The van der Waals surface area contributed by atoms with Gasteiger partial charge in [0, 0.05) is 30.6 Å². The molecule has 0 fully saturated rings. The zero-order chi connectivity index (χ0) is 18.8. The van der Waals surface area contributed by atoms with Crippen molar-refractivity contribution < 1.29 is 4.79 Å². The number of pyridine rings is 1. The molecule has 0 atom stereocenters. The number of aryl methyl sites for hydroxylation is 2. The summed E-state index contributed by atoms with van der Waals surface area (Å²) < 4.78 is 1.91. The predicted octanol–water partition coefficient (Wildman–Crippen LogP) is 4.09. The molecular formula is C20H22N4OS. The van der Waals surface area contributed by atoms with Crippen LogP contribution in [0.4, 0.5) is 0 Å². The zero-order valence-corrected chi connectivity index (χ0v) is 16.5. The Kier molecular flexibility index (Phi) is 5.23. The molecule has 0 unspecified atom stereocenters. The standard InChI is InChI=1S/C20H22N4OS/c1-12-10-13(2)18(15(4)14(12)3)17(25)11-26-20-23-22-19(24(20)5)16-6-8-21-9-7-16/h6-10H,11H2,1-5H3. The Hall–Kier alpha value is -2.47. The van der Waals surface area contributed by atoms with E-state index in [1.54, 1.807) is 12.4 Å². The van der Waals surface area contributed by atoms with Crippen LogP contribution in [-0.4, -0.2) is 31.3 Å². The first-order chi connectivity index (χ1) is 12.4. The van der Waals surface area contributed by atoms with Crippen molar-refractivity contribution in [1.29, 1.82) is 0 Å². The second-order valence-corrected chi connectivity index (χ2v) is 7.39. The van der Waals surface area contributed by atoms with Crippen LogP contribution in [0.2, 0.25) is 0 Å². The van der Waals surface area contributed by atoms with Gasteiger partial charge in [-0.2, -0.15) is 0 Å². The van der Waals surface area contributed by atoms with Crippen molar-refractivity contribution in [3.05, 3.63) is 58.4 Å². The number of ketones is 1. The summed E-state index contributed by atoms with van der Waals surface area (Å²) in [6.07, 6.45) is 3.46. The van der Waals surface area contributed by atoms with Crippen LogP contribution in [0, 0.1) is 27.7 Å². The Bertz CT molecular complexity index is 964. The van der Waals surface area contributed by atoms with Crippen LogP contribution in [0.25, 0.3) is 11.4 Å². The molecule has 2 heterocycles. The summed E-state index contributed by atoms with van der Waals surface area (Å²) >= 11 is 1.42. The lowest BCUT2D eigenvalue weighted by Crippen LogP contribution is -2.10. The molecule has 0 spiro atoms. The van der Waals surface area contributed by atoms with Crippen molar-refractivity contribution in [2.75, 3.05) is 5.75 Å². The highest BCUT2D eigenvalue weighted by atomic mass is 32.2. The highest BCUT2D eigenvalue weighted by Crippen LogP contribution is 2.26. The molecule has 0 radical (unpaired) electrons. The van der Waals surface area contributed by atoms with Crippen LogP contribution in [0.1, 0.15) is 32.6 Å². The highest BCUT2D eigenvalue weighted by Gasteiger charge is 2.18. The lowest BCUT2D eigenvalue weighted by molar-refractivity contribution is 0.102. The Morgan fingerprint density at radius 2 is 1.73 bits per heavy atom. The van der Waals surface area contributed by atoms with E-state index in [-0.39, 0.29) is 5.78 Å². The maximum absolute atomic E-state index is 12.8. The van der Waals surface area contributed by atoms with Gasteiger partial charge in [0.15, 0.2) is 16.8 Å². The second kappa shape index (κ2) is 7.41. The fourth-order valence-corrected chi connectivity index (χ4v) is 3.89. The summed E-state index contributed by atoms with van der Waals surface area (Å²) in [6, 6.07) is 5.88. The summed E-state index contributed by atoms with van der Waals surface area (Å²) in [5.41, 5.74) is 6.29. The van der Waals surface area contributed by atoms with Crippen LogP contribution in [0.3, 0.4) is 0 Å². The first kappa shape index (κ1) is 18.3. The van der Waals surface area contributed by atoms with Gasteiger partial charge in [0.1, 0.15) is 0 Å². The Balaban J connectivity index is 1.80. The summed E-state index contributed by atoms with van der Waals surface area (Å²) in [7, 11) is 1.91. The number of hydrogen-bond donors (Lipinski definition) is 0. The maximum Gasteiger partial charge on any atom is 0.191 e. The van der Waals surface area contributed by atoms with Crippen molar-refractivity contribution >= 4 is 17.5 Å². The van der Waals surface area contributed by atoms with Crippen LogP contribution >= 0.6 is 11.8 Å². The normalized spacial score (nSPS) is 11.0. The summed E-state index contributed by atoms with van der Waals surface area (Å²) in [5.74, 6) is 1.23. The van der Waals surface area contributed by atoms with Gasteiger partial charge in [-0.3, -0.25) is 9.78 Å². The number of thioether (sulfide) groups is 1. The molecule has 0 saturated heterocycles. The number of hydrogen-bond acceptors (Lipinski definition) is 5. The van der Waals surface area contributed by atoms with Gasteiger partial charge in [0.25, 0.3) is 0 Å². The molecule has 134 valence electrons. The van der Waals surface area contributed by atoms with E-state index in [2.05, 4.69) is 35.1 Å². The smallest absolute Gasteiger partial charge is 0.191 e. The van der Waals surface area contributed by atoms with E-state index in [1.807, 2.05) is 37.6 Å². The molecule has 2 aromatic heterocycles. The van der Waals surface area contributed by atoms with Gasteiger partial charge >= 0.3 is 0 Å². The van der Waals surface area contributed by atoms with Gasteiger partial charge in [-0.25, -0.2) is 0 Å². The topological polar surface area (TPSA) is 60.7 Å². The molecule has 0 aliphatic heterocycles. The molecule has 0 bridgehead atoms. The maximum atomic E-state index is 12.8. The Morgan fingerprint density at radius 3 is 2.42 bits per heavy atom. The van der Waals surface area contributed by atoms with E-state index in [0.29, 0.717) is 5.75 Å². The molecule has 1 aromatic carbocycles. The molecule has 26 heavy (non-hydrogen) atoms. The molecule has 6 heteroatoms. The SMILES string of the molecule is Cc1cc(C)c(C(=O)CSc2nnc(-c3ccncc3)n2C)c(C)c1C. The molecule has 3 aromatic rings. The van der Waals surface area contributed by atoms with Gasteiger partial charge in [-0.05, 0) is 62.1 Å². The van der Waals surface area contributed by atoms with Gasteiger partial charge in [-0.1, -0.05) is 17.8 Å². The number of Topliss-reactive ketones (excluding diaryl/α,β-unsaturated/α-hetero) is 1. The largest absolute Gasteiger partial charge is 0.305 e. The van der Waals surface area contributed by atoms with Gasteiger partial charge in [-0.15, -0.1) is 10.2 Å². The number of aromatic nitrogens is 4. The van der Waals surface area contributed by atoms with E-state index in [4.69, 9.17) is 0 Å². The number of rotatable bonds is 5. The Morgan fingerprint density at radius 1 is 1.04 bits per heavy atom. The van der Waals surface area contributed by atoms with Crippen molar-refractivity contribution in [3.8, 4) is 11.4 Å². The Labute approximate surface area is 157 Å². The van der Waals surface area contributed by atoms with E-state index < -0.39 is 0 Å². The van der Waals surface area contributed by atoms with Crippen LogP contribution in [0.15, 0.2) is 35.7 Å². The minimum Gasteiger partial charge on any atom is -0.305 e. The van der Waals surface area contributed by atoms with E-state index in [9.17, 15) is 4.79 Å². The molecular weight excluding hydrogens is 344 g/mol. The first-order valence-corrected chi connectivity index (χ1v) is 9.42. The lowest BCUT2D eigenvalue weighted by Gasteiger charge is -2.14. The van der Waals surface area contributed by atoms with Crippen molar-refractivity contribution in [2.45, 2.75) is 32.9 Å². The number of nitrogens with zero attached hydrogens (tertiary/aromatic N) is 4. The van der Waals surface area contributed by atoms with Crippen molar-refractivity contribution in [2.24, 2.45) is 7.05 Å². The van der Waals surface area contributed by atoms with Gasteiger partial charge in [0.2, 0.25) is 0 Å². The summed E-state index contributed by atoms with van der Waals surface area (Å²) in [5, 5.41) is 9.21. The zero-order valence-electron chi connectivity index (χ0n) is 15.7. The van der Waals surface area contributed by atoms with Crippen LogP contribution in [0.5, 0.6) is 0 Å². The molecule has 0 N–H and O–H groups in total. The molecule has 0 aliphatic rings. The summed E-state index contributed by atoms with van der Waals surface area (Å²) in [6.45, 7) is 8.18.